The standard InChI is InChI=1S/C27H35ClN4O3/c1-3-4-6-15-31-25(30-16-8-9-23(30)24(33)10-5-7-17-35-2)18-26(34)32-19-22(29-27(31)32)20-11-13-21(28)14-12-20/h11-14,18-19,23H,3-10,15-17H2,1-2H3/t23-/m0/s1. The number of hydrogen-bond acceptors (Lipinski definition) is 5. The topological polar surface area (TPSA) is 68.8 Å². The number of ether oxygens (including phenoxy) is 1. The van der Waals surface area contributed by atoms with Crippen LogP contribution in [0.15, 0.2) is 41.3 Å². The smallest absolute Gasteiger partial charge is 0.261 e. The highest BCUT2D eigenvalue weighted by Gasteiger charge is 2.32. The number of rotatable bonds is 12. The number of Topliss-reactive ketones (excluding diaryl/α,β-unsaturated/α-hetero) is 1. The molecule has 0 saturated carbocycles. The number of fused-ring (bicyclic) bond motifs is 1. The first-order valence-electron chi connectivity index (χ1n) is 12.7. The minimum atomic E-state index is -0.192. The monoisotopic (exact) mass is 498 g/mol. The Morgan fingerprint density at radius 2 is 1.97 bits per heavy atom. The zero-order valence-corrected chi connectivity index (χ0v) is 21.5. The molecule has 2 aromatic heterocycles. The molecule has 0 N–H and O–H groups in total. The van der Waals surface area contributed by atoms with Crippen LogP contribution in [0.5, 0.6) is 0 Å². The number of carbonyl (C=O) groups excluding carboxylic acids is 1. The van der Waals surface area contributed by atoms with Gasteiger partial charge in [0, 0.05) is 56.1 Å². The molecule has 0 aliphatic carbocycles. The zero-order valence-electron chi connectivity index (χ0n) is 20.7. The van der Waals surface area contributed by atoms with Gasteiger partial charge in [-0.3, -0.25) is 18.6 Å². The summed E-state index contributed by atoms with van der Waals surface area (Å²) in [5, 5.41) is 0.658. The third kappa shape index (κ3) is 5.78. The Labute approximate surface area is 211 Å². The fourth-order valence-electron chi connectivity index (χ4n) is 4.90. The van der Waals surface area contributed by atoms with Gasteiger partial charge in [-0.25, -0.2) is 4.98 Å². The molecule has 1 atom stereocenters. The second-order valence-electron chi connectivity index (χ2n) is 9.27. The van der Waals surface area contributed by atoms with Crippen LogP contribution in [0.2, 0.25) is 5.02 Å². The molecule has 1 aliphatic heterocycles. The second kappa shape index (κ2) is 11.9. The molecule has 1 aromatic carbocycles. The lowest BCUT2D eigenvalue weighted by molar-refractivity contribution is -0.120. The summed E-state index contributed by atoms with van der Waals surface area (Å²) in [4.78, 5) is 33.4. The lowest BCUT2D eigenvalue weighted by Gasteiger charge is -2.29. The molecule has 3 heterocycles. The van der Waals surface area contributed by atoms with Gasteiger partial charge in [-0.1, -0.05) is 43.5 Å². The van der Waals surface area contributed by atoms with Gasteiger partial charge in [0.1, 0.15) is 5.82 Å². The quantitative estimate of drug-likeness (QED) is 0.314. The Morgan fingerprint density at radius 3 is 2.71 bits per heavy atom. The van der Waals surface area contributed by atoms with Crippen LogP contribution in [0, 0.1) is 0 Å². The molecule has 4 rings (SSSR count). The molecule has 0 unspecified atom stereocenters. The molecule has 0 bridgehead atoms. The first-order valence-corrected chi connectivity index (χ1v) is 13.1. The van der Waals surface area contributed by atoms with E-state index in [0.29, 0.717) is 23.8 Å². The Morgan fingerprint density at radius 1 is 1.17 bits per heavy atom. The van der Waals surface area contributed by atoms with Gasteiger partial charge in [0.25, 0.3) is 5.56 Å². The van der Waals surface area contributed by atoms with Crippen molar-refractivity contribution in [1.29, 1.82) is 0 Å². The van der Waals surface area contributed by atoms with Crippen LogP contribution < -0.4 is 10.5 Å². The first kappa shape index (κ1) is 25.5. The average molecular weight is 499 g/mol. The van der Waals surface area contributed by atoms with Crippen molar-refractivity contribution in [1.82, 2.24) is 14.0 Å². The van der Waals surface area contributed by atoms with E-state index in [9.17, 15) is 9.59 Å². The highest BCUT2D eigenvalue weighted by Crippen LogP contribution is 2.29. The van der Waals surface area contributed by atoms with E-state index in [4.69, 9.17) is 21.3 Å². The number of aryl methyl sites for hydroxylation is 1. The highest BCUT2D eigenvalue weighted by molar-refractivity contribution is 6.30. The fraction of sp³-hybridized carbons (Fsp3) is 0.519. The summed E-state index contributed by atoms with van der Waals surface area (Å²) in [5.74, 6) is 1.67. The van der Waals surface area contributed by atoms with Crippen LogP contribution >= 0.6 is 11.6 Å². The zero-order chi connectivity index (χ0) is 24.8. The Balaban J connectivity index is 1.71. The Hall–Kier alpha value is -2.64. The van der Waals surface area contributed by atoms with Crippen molar-refractivity contribution < 1.29 is 9.53 Å². The number of ketones is 1. The molecule has 1 saturated heterocycles. The number of nitrogens with zero attached hydrogens (tertiary/aromatic N) is 4. The molecule has 1 fully saturated rings. The van der Waals surface area contributed by atoms with Gasteiger partial charge in [-0.05, 0) is 44.2 Å². The van der Waals surface area contributed by atoms with Crippen molar-refractivity contribution in [2.45, 2.75) is 70.9 Å². The van der Waals surface area contributed by atoms with Gasteiger partial charge in [-0.2, -0.15) is 0 Å². The summed E-state index contributed by atoms with van der Waals surface area (Å²) in [6.07, 6.45) is 8.96. The Bertz CT molecular complexity index is 1200. The van der Waals surface area contributed by atoms with E-state index in [2.05, 4.69) is 16.4 Å². The van der Waals surface area contributed by atoms with Crippen molar-refractivity contribution in [3.8, 4) is 11.3 Å². The summed E-state index contributed by atoms with van der Waals surface area (Å²) in [7, 11) is 1.68. The fourth-order valence-corrected chi connectivity index (χ4v) is 5.03. The lowest BCUT2D eigenvalue weighted by atomic mass is 10.0. The van der Waals surface area contributed by atoms with Crippen molar-refractivity contribution in [2.24, 2.45) is 0 Å². The predicted molar refractivity (Wildman–Crippen MR) is 141 cm³/mol. The minimum Gasteiger partial charge on any atom is -0.385 e. The first-order chi connectivity index (χ1) is 17.0. The lowest BCUT2D eigenvalue weighted by Crippen LogP contribution is -2.39. The van der Waals surface area contributed by atoms with Crippen LogP contribution in [0.25, 0.3) is 17.0 Å². The van der Waals surface area contributed by atoms with Gasteiger partial charge in [0.05, 0.1) is 11.7 Å². The molecule has 8 heteroatoms. The molecule has 7 nitrogen and oxygen atoms in total. The van der Waals surface area contributed by atoms with Crippen LogP contribution in [-0.2, 0) is 16.1 Å². The largest absolute Gasteiger partial charge is 0.385 e. The average Bonchev–Trinajstić information content (AvgIpc) is 3.52. The second-order valence-corrected chi connectivity index (χ2v) is 9.71. The van der Waals surface area contributed by atoms with E-state index < -0.39 is 0 Å². The van der Waals surface area contributed by atoms with Crippen LogP contribution in [0.4, 0.5) is 5.82 Å². The summed E-state index contributed by atoms with van der Waals surface area (Å²) in [5.41, 5.74) is 1.50. The number of anilines is 1. The molecule has 1 aliphatic rings. The van der Waals surface area contributed by atoms with Crippen molar-refractivity contribution in [3.63, 3.8) is 0 Å². The van der Waals surface area contributed by atoms with Crippen molar-refractivity contribution in [2.75, 3.05) is 25.2 Å². The maximum atomic E-state index is 13.2. The predicted octanol–water partition coefficient (Wildman–Crippen LogP) is 5.36. The molecule has 3 aromatic rings. The van der Waals surface area contributed by atoms with Crippen molar-refractivity contribution >= 4 is 29.0 Å². The van der Waals surface area contributed by atoms with Crippen molar-refractivity contribution in [3.05, 3.63) is 51.9 Å². The van der Waals surface area contributed by atoms with Gasteiger partial charge in [-0.15, -0.1) is 0 Å². The highest BCUT2D eigenvalue weighted by atomic mass is 35.5. The third-order valence-electron chi connectivity index (χ3n) is 6.76. The maximum Gasteiger partial charge on any atom is 0.261 e. The van der Waals surface area contributed by atoms with Gasteiger partial charge < -0.3 is 9.64 Å². The van der Waals surface area contributed by atoms with Gasteiger partial charge in [0.2, 0.25) is 5.78 Å². The van der Waals surface area contributed by atoms with Crippen LogP contribution in [0.3, 0.4) is 0 Å². The van der Waals surface area contributed by atoms with E-state index in [1.165, 1.54) is 0 Å². The van der Waals surface area contributed by atoms with E-state index in [1.807, 2.05) is 24.3 Å². The summed E-state index contributed by atoms with van der Waals surface area (Å²) < 4.78 is 8.87. The number of unbranched alkanes of at least 4 members (excludes halogenated alkanes) is 3. The number of aromatic nitrogens is 3. The molecule has 0 spiro atoms. The Kier molecular flexibility index (Phi) is 8.63. The molecular formula is C27H35ClN4O3. The summed E-state index contributed by atoms with van der Waals surface area (Å²) in [6.45, 7) is 4.36. The molecule has 35 heavy (non-hydrogen) atoms. The molecule has 0 amide bonds. The number of halogens is 1. The van der Waals surface area contributed by atoms with Gasteiger partial charge in [0.15, 0.2) is 5.78 Å². The minimum absolute atomic E-state index is 0.132. The van der Waals surface area contributed by atoms with Crippen LogP contribution in [0.1, 0.15) is 58.3 Å². The summed E-state index contributed by atoms with van der Waals surface area (Å²) >= 11 is 6.06. The SMILES string of the molecule is CCCCCn1c(N2CCC[C@H]2C(=O)CCCCOC)cc(=O)n2cc(-c3ccc(Cl)cc3)nc12. The molecule has 188 valence electrons. The van der Waals surface area contributed by atoms with E-state index in [-0.39, 0.29) is 17.4 Å². The van der Waals surface area contributed by atoms with E-state index >= 15 is 0 Å². The number of imidazole rings is 1. The third-order valence-corrected chi connectivity index (χ3v) is 7.01. The normalized spacial score (nSPS) is 15.9. The van der Waals surface area contributed by atoms with E-state index in [1.54, 1.807) is 23.8 Å². The number of hydrogen-bond donors (Lipinski definition) is 0. The number of methoxy groups -OCH3 is 1. The molecular weight excluding hydrogens is 464 g/mol. The number of carbonyl (C=O) groups is 1. The van der Waals surface area contributed by atoms with E-state index in [0.717, 1.165) is 75.1 Å². The van der Waals surface area contributed by atoms with Gasteiger partial charge >= 0.3 is 0 Å². The maximum absolute atomic E-state index is 13.2. The number of benzene rings is 1. The molecule has 0 radical (unpaired) electrons. The summed E-state index contributed by atoms with van der Waals surface area (Å²) in [6, 6.07) is 8.97. The van der Waals surface area contributed by atoms with Crippen LogP contribution in [-0.4, -0.2) is 46.0 Å².